The van der Waals surface area contributed by atoms with Crippen molar-refractivity contribution in [2.24, 2.45) is 5.41 Å². The van der Waals surface area contributed by atoms with Crippen LogP contribution in [-0.4, -0.2) is 36.7 Å². The normalized spacial score (nSPS) is 16.2. The lowest BCUT2D eigenvalue weighted by molar-refractivity contribution is -0.465. The number of nitrogens with zero attached hydrogens (tertiary/aromatic N) is 1. The Balaban J connectivity index is 1.77. The number of rotatable bonds is 7. The van der Waals surface area contributed by atoms with E-state index in [1.807, 2.05) is 79.7 Å². The minimum absolute atomic E-state index is 0.123. The minimum atomic E-state index is -4.19. The number of allylic oxidation sites excluding steroid dienone is 4. The molecule has 1 heterocycles. The smallest absolute Gasteiger partial charge is 0.200 e. The van der Waals surface area contributed by atoms with Crippen molar-refractivity contribution in [2.75, 3.05) is 20.3 Å². The van der Waals surface area contributed by atoms with Crippen molar-refractivity contribution in [1.29, 1.82) is 0 Å². The van der Waals surface area contributed by atoms with Gasteiger partial charge >= 0.3 is 0 Å². The lowest BCUT2D eigenvalue weighted by Crippen LogP contribution is -2.66. The van der Waals surface area contributed by atoms with E-state index < -0.39 is 94.9 Å². The summed E-state index contributed by atoms with van der Waals surface area (Å²) in [4.78, 5) is 0. The molecule has 302 valence electrons. The number of hydrogen-bond acceptors (Lipinski definition) is 0. The summed E-state index contributed by atoms with van der Waals surface area (Å²) >= 11 is 0. The highest BCUT2D eigenvalue weighted by Gasteiger charge is 2.51. The fourth-order valence-electron chi connectivity index (χ4n) is 9.81. The molecule has 1 nitrogen and oxygen atoms in total. The summed E-state index contributed by atoms with van der Waals surface area (Å²) in [7, 11) is 1.86. The lowest BCUT2D eigenvalue weighted by atomic mass is 9.11. The van der Waals surface area contributed by atoms with Crippen LogP contribution in [-0.2, 0) is 0 Å². The highest BCUT2D eigenvalue weighted by atomic mass is 31.1. The fourth-order valence-corrected chi connectivity index (χ4v) is 12.9. The Morgan fingerprint density at radius 2 is 0.930 bits per heavy atom. The third-order valence-corrected chi connectivity index (χ3v) is 15.1. The zero-order valence-corrected chi connectivity index (χ0v) is 34.4. The summed E-state index contributed by atoms with van der Waals surface area (Å²) in [6.45, 7) is 15.4. The Bertz CT molecular complexity index is 2260. The molecule has 2 aliphatic rings. The van der Waals surface area contributed by atoms with E-state index in [0.717, 1.165) is 44.0 Å². The molecule has 1 aliphatic carbocycles. The zero-order chi connectivity index (χ0) is 42.4. The van der Waals surface area contributed by atoms with Gasteiger partial charge in [-0.05, 0) is 105 Å². The van der Waals surface area contributed by atoms with Gasteiger partial charge < -0.3 is 0 Å². The second kappa shape index (κ2) is 14.9. The van der Waals surface area contributed by atoms with Crippen LogP contribution >= 0.6 is 7.92 Å². The molecule has 57 heavy (non-hydrogen) atoms. The SMILES string of the molecule is Cc1cc(C)c(P(CCC2=CC3=C(C[B-]2(c2c(F)c(F)c(F)c(F)c2F)c2c(F)c(F)c(F)c(F)c2F)C(=[N+](C)C)CC3(C)C)c2c(C)cc(C)cc2C)c(C)c1. The van der Waals surface area contributed by atoms with Crippen molar-refractivity contribution in [1.82, 2.24) is 0 Å². The van der Waals surface area contributed by atoms with Gasteiger partial charge in [0.05, 0.1) is 6.15 Å². The molecule has 0 saturated heterocycles. The van der Waals surface area contributed by atoms with Gasteiger partial charge in [-0.25, -0.2) is 54.0 Å². The van der Waals surface area contributed by atoms with Gasteiger partial charge in [0.2, 0.25) is 0 Å². The van der Waals surface area contributed by atoms with Crippen LogP contribution in [0, 0.1) is 105 Å². The number of aryl methyl sites for hydroxylation is 6. The molecule has 13 heteroatoms. The molecule has 0 aromatic heterocycles. The first-order valence-corrected chi connectivity index (χ1v) is 20.1. The van der Waals surface area contributed by atoms with Crippen LogP contribution in [0.5, 0.6) is 0 Å². The number of halogens is 10. The molecule has 4 aromatic rings. The molecule has 0 N–H and O–H groups in total. The third-order valence-electron chi connectivity index (χ3n) is 11.9. The zero-order valence-electron chi connectivity index (χ0n) is 33.5. The first-order valence-electron chi connectivity index (χ1n) is 18.6. The van der Waals surface area contributed by atoms with E-state index in [0.29, 0.717) is 17.7 Å². The topological polar surface area (TPSA) is 3.01 Å². The molecule has 0 amide bonds. The van der Waals surface area contributed by atoms with Gasteiger partial charge in [0, 0.05) is 6.42 Å². The third kappa shape index (κ3) is 6.68. The van der Waals surface area contributed by atoms with Crippen molar-refractivity contribution in [2.45, 2.75) is 74.6 Å². The summed E-state index contributed by atoms with van der Waals surface area (Å²) in [6, 6.07) is 8.02. The summed E-state index contributed by atoms with van der Waals surface area (Å²) in [5.74, 6) is -24.3. The van der Waals surface area contributed by atoms with E-state index in [-0.39, 0.29) is 23.6 Å². The van der Waals surface area contributed by atoms with Crippen molar-refractivity contribution >= 4 is 41.3 Å². The van der Waals surface area contributed by atoms with Crippen LogP contribution in [0.4, 0.5) is 43.9 Å². The van der Waals surface area contributed by atoms with E-state index in [9.17, 15) is 8.78 Å². The van der Waals surface area contributed by atoms with E-state index >= 15 is 35.1 Å². The molecule has 0 saturated carbocycles. The van der Waals surface area contributed by atoms with Crippen LogP contribution < -0.4 is 21.5 Å². The summed E-state index contributed by atoms with van der Waals surface area (Å²) < 4.78 is 159. The monoisotopic (exact) mass is 817 g/mol. The lowest BCUT2D eigenvalue weighted by Gasteiger charge is -2.48. The van der Waals surface area contributed by atoms with Gasteiger partial charge in [-0.1, -0.05) is 61.7 Å². The molecule has 6 rings (SSSR count). The Morgan fingerprint density at radius 3 is 1.28 bits per heavy atom. The van der Waals surface area contributed by atoms with Gasteiger partial charge in [0.1, 0.15) is 37.4 Å². The first-order chi connectivity index (χ1) is 26.5. The van der Waals surface area contributed by atoms with E-state index in [2.05, 4.69) is 0 Å². The molecule has 0 atom stereocenters. The second-order valence-corrected chi connectivity index (χ2v) is 18.8. The molecular weight excluding hydrogens is 774 g/mol. The average molecular weight is 818 g/mol. The largest absolute Gasteiger partial charge is 0.239 e. The van der Waals surface area contributed by atoms with Gasteiger partial charge in [-0.3, -0.25) is 0 Å². The standard InChI is InChI=1S/C44H43BF10NP/c1-20-13-22(3)42(23(4)14-20)57(43-24(5)15-21(2)16-25(43)6)12-11-26-17-28-27(29(56(9)10)18-44(28,7)8)19-45(26,30-32(46)36(50)40(54)37(51)33(30)47)31-34(48)38(52)41(55)39(53)35(31)49/h13-17H,11-12,18-19H2,1-10H3. The maximum absolute atomic E-state index is 16.5. The van der Waals surface area contributed by atoms with Crippen LogP contribution in [0.1, 0.15) is 60.1 Å². The van der Waals surface area contributed by atoms with Gasteiger partial charge in [0.15, 0.2) is 40.6 Å². The van der Waals surface area contributed by atoms with Crippen molar-refractivity contribution < 1.29 is 48.5 Å². The molecule has 0 bridgehead atoms. The Morgan fingerprint density at radius 1 is 0.579 bits per heavy atom. The van der Waals surface area contributed by atoms with E-state index in [1.54, 1.807) is 18.7 Å². The van der Waals surface area contributed by atoms with E-state index in [4.69, 9.17) is 0 Å². The van der Waals surface area contributed by atoms with Gasteiger partial charge in [0.25, 0.3) is 0 Å². The molecular formula is C44H43BF10NP. The molecule has 0 unspecified atom stereocenters. The summed E-state index contributed by atoms with van der Waals surface area (Å²) in [6.07, 6.45) is -3.39. The minimum Gasteiger partial charge on any atom is -0.239 e. The van der Waals surface area contributed by atoms with Crippen LogP contribution in [0.15, 0.2) is 47.0 Å². The molecule has 1 aliphatic heterocycles. The predicted molar refractivity (Wildman–Crippen MR) is 210 cm³/mol. The fraction of sp³-hybridized carbons (Fsp3) is 0.341. The maximum atomic E-state index is 16.5. The average Bonchev–Trinajstić information content (AvgIpc) is 3.38. The molecule has 0 radical (unpaired) electrons. The van der Waals surface area contributed by atoms with Crippen LogP contribution in [0.2, 0.25) is 6.32 Å². The maximum Gasteiger partial charge on any atom is 0.200 e. The molecule has 0 fully saturated rings. The summed E-state index contributed by atoms with van der Waals surface area (Å²) in [5, 5.41) is 1.91. The number of benzene rings is 4. The molecule has 0 spiro atoms. The van der Waals surface area contributed by atoms with Crippen LogP contribution in [0.25, 0.3) is 0 Å². The van der Waals surface area contributed by atoms with Crippen molar-refractivity contribution in [3.05, 3.63) is 139 Å². The highest BCUT2D eigenvalue weighted by Crippen LogP contribution is 2.51. The number of hydrogen-bond donors (Lipinski definition) is 0. The second-order valence-electron chi connectivity index (χ2n) is 16.6. The predicted octanol–water partition coefficient (Wildman–Crippen LogP) is 9.93. The van der Waals surface area contributed by atoms with Crippen molar-refractivity contribution in [3.8, 4) is 0 Å². The van der Waals surface area contributed by atoms with Crippen molar-refractivity contribution in [3.63, 3.8) is 0 Å². The first kappa shape index (κ1) is 42.4. The Hall–Kier alpha value is -4.18. The van der Waals surface area contributed by atoms with Gasteiger partial charge in [-0.15, -0.1) is 17.2 Å². The highest BCUT2D eigenvalue weighted by molar-refractivity contribution is 7.73. The Labute approximate surface area is 327 Å². The van der Waals surface area contributed by atoms with Gasteiger partial charge in [-0.2, -0.15) is 0 Å². The quantitative estimate of drug-likeness (QED) is 0.0437. The van der Waals surface area contributed by atoms with Crippen LogP contribution in [0.3, 0.4) is 0 Å². The Kier molecular flexibility index (Phi) is 11.1. The molecule has 4 aromatic carbocycles. The van der Waals surface area contributed by atoms with E-state index in [1.165, 1.54) is 6.08 Å². The summed E-state index contributed by atoms with van der Waals surface area (Å²) in [5.41, 5.74) is 2.88.